The average Bonchev–Trinajstić information content (AvgIpc) is 2.89. The number of carbonyl (C=O) groups is 1. The van der Waals surface area contributed by atoms with Gasteiger partial charge in [-0.05, 0) is 38.0 Å². The highest BCUT2D eigenvalue weighted by Gasteiger charge is 2.41. The Morgan fingerprint density at radius 1 is 1.44 bits per heavy atom. The van der Waals surface area contributed by atoms with Gasteiger partial charge in [-0.25, -0.2) is 9.78 Å². The van der Waals surface area contributed by atoms with Crippen LogP contribution in [0.5, 0.6) is 0 Å². The molecule has 3 atom stereocenters. The molecule has 2 aliphatic carbocycles. The maximum atomic E-state index is 11.0. The predicted molar refractivity (Wildman–Crippen MR) is 62.0 cm³/mol. The minimum atomic E-state index is -0.829. The van der Waals surface area contributed by atoms with E-state index in [2.05, 4.69) is 4.98 Å². The van der Waals surface area contributed by atoms with Crippen molar-refractivity contribution in [1.29, 1.82) is 0 Å². The van der Waals surface area contributed by atoms with Crippen molar-refractivity contribution in [3.63, 3.8) is 0 Å². The van der Waals surface area contributed by atoms with Crippen LogP contribution in [0.2, 0.25) is 0 Å². The number of rotatable bonds is 2. The lowest BCUT2D eigenvalue weighted by molar-refractivity contribution is 0.0701. The number of hydrogen-bond donors (Lipinski definition) is 1. The van der Waals surface area contributed by atoms with Crippen LogP contribution in [0.1, 0.15) is 52.0 Å². The van der Waals surface area contributed by atoms with Crippen LogP contribution in [0.4, 0.5) is 0 Å². The van der Waals surface area contributed by atoms with Crippen molar-refractivity contribution >= 4 is 17.3 Å². The molecule has 0 aliphatic heterocycles. The van der Waals surface area contributed by atoms with Crippen LogP contribution in [-0.2, 0) is 0 Å². The molecule has 1 heterocycles. The molecule has 2 bridgehead atoms. The molecule has 0 spiro atoms. The predicted octanol–water partition coefficient (Wildman–Crippen LogP) is 3.05. The Balaban J connectivity index is 1.90. The van der Waals surface area contributed by atoms with E-state index < -0.39 is 5.97 Å². The topological polar surface area (TPSA) is 50.2 Å². The standard InChI is InChI=1S/C12H15NO2S/c1-6-10(12(14)15)16-11(13-6)9-5-7-2-3-8(9)4-7/h7-9H,2-5H2,1H3,(H,14,15). The molecule has 3 rings (SSSR count). The van der Waals surface area contributed by atoms with Gasteiger partial charge in [-0.3, -0.25) is 0 Å². The van der Waals surface area contributed by atoms with E-state index in [0.717, 1.165) is 16.8 Å². The molecule has 1 N–H and O–H groups in total. The normalized spacial score (nSPS) is 32.2. The van der Waals surface area contributed by atoms with Crippen molar-refractivity contribution in [3.8, 4) is 0 Å². The fourth-order valence-electron chi connectivity index (χ4n) is 3.32. The Kier molecular flexibility index (Phi) is 2.28. The third kappa shape index (κ3) is 1.47. The van der Waals surface area contributed by atoms with Crippen LogP contribution in [0.25, 0.3) is 0 Å². The van der Waals surface area contributed by atoms with Gasteiger partial charge in [0.05, 0.1) is 10.7 Å². The molecule has 2 aliphatic rings. The van der Waals surface area contributed by atoms with Gasteiger partial charge in [0, 0.05) is 5.92 Å². The van der Waals surface area contributed by atoms with E-state index in [-0.39, 0.29) is 0 Å². The maximum Gasteiger partial charge on any atom is 0.347 e. The van der Waals surface area contributed by atoms with Gasteiger partial charge >= 0.3 is 5.97 Å². The van der Waals surface area contributed by atoms with Crippen LogP contribution in [0.15, 0.2) is 0 Å². The maximum absolute atomic E-state index is 11.0. The van der Waals surface area contributed by atoms with Crippen LogP contribution < -0.4 is 0 Å². The molecule has 1 aromatic rings. The van der Waals surface area contributed by atoms with Crippen molar-refractivity contribution in [3.05, 3.63) is 15.6 Å². The molecule has 2 fully saturated rings. The number of aromatic carboxylic acids is 1. The highest BCUT2D eigenvalue weighted by molar-refractivity contribution is 7.13. The summed E-state index contributed by atoms with van der Waals surface area (Å²) in [6, 6.07) is 0. The number of thiazole rings is 1. The number of aromatic nitrogens is 1. The SMILES string of the molecule is Cc1nc(C2CC3CCC2C3)sc1C(=O)O. The van der Waals surface area contributed by atoms with Gasteiger partial charge in [0.1, 0.15) is 4.88 Å². The molecule has 0 radical (unpaired) electrons. The van der Waals surface area contributed by atoms with Crippen LogP contribution in [0.3, 0.4) is 0 Å². The van der Waals surface area contributed by atoms with Crippen molar-refractivity contribution in [1.82, 2.24) is 4.98 Å². The summed E-state index contributed by atoms with van der Waals surface area (Å²) in [5.74, 6) is 1.38. The first-order valence-corrected chi connectivity index (χ1v) is 6.67. The molecule has 0 amide bonds. The van der Waals surface area contributed by atoms with Crippen molar-refractivity contribution < 1.29 is 9.90 Å². The van der Waals surface area contributed by atoms with Crippen molar-refractivity contribution in [2.75, 3.05) is 0 Å². The third-order valence-corrected chi connectivity index (χ3v) is 5.34. The lowest BCUT2D eigenvalue weighted by Gasteiger charge is -2.18. The molecule has 0 aromatic carbocycles. The smallest absolute Gasteiger partial charge is 0.347 e. The van der Waals surface area contributed by atoms with Crippen molar-refractivity contribution in [2.45, 2.75) is 38.5 Å². The minimum absolute atomic E-state index is 0.428. The number of carboxylic acids is 1. The zero-order chi connectivity index (χ0) is 11.3. The molecule has 1 aromatic heterocycles. The second kappa shape index (κ2) is 3.55. The number of nitrogens with zero attached hydrogens (tertiary/aromatic N) is 1. The molecule has 0 saturated heterocycles. The second-order valence-corrected chi connectivity index (χ2v) is 6.08. The van der Waals surface area contributed by atoms with Gasteiger partial charge in [0.2, 0.25) is 0 Å². The van der Waals surface area contributed by atoms with Gasteiger partial charge in [-0.15, -0.1) is 11.3 Å². The summed E-state index contributed by atoms with van der Waals surface area (Å²) in [5, 5.41) is 10.1. The van der Waals surface area contributed by atoms with Crippen LogP contribution >= 0.6 is 11.3 Å². The molecular formula is C12H15NO2S. The van der Waals surface area contributed by atoms with E-state index in [1.807, 2.05) is 0 Å². The summed E-state index contributed by atoms with van der Waals surface area (Å²) in [5.41, 5.74) is 0.690. The Morgan fingerprint density at radius 2 is 2.25 bits per heavy atom. The Labute approximate surface area is 98.5 Å². The van der Waals surface area contributed by atoms with E-state index >= 15 is 0 Å². The van der Waals surface area contributed by atoms with E-state index in [0.29, 0.717) is 16.5 Å². The van der Waals surface area contributed by atoms with E-state index in [1.165, 1.54) is 37.0 Å². The van der Waals surface area contributed by atoms with Gasteiger partial charge in [0.25, 0.3) is 0 Å². The fourth-order valence-corrected chi connectivity index (χ4v) is 4.43. The number of carboxylic acid groups (broad SMARTS) is 1. The summed E-state index contributed by atoms with van der Waals surface area (Å²) >= 11 is 1.39. The Morgan fingerprint density at radius 3 is 2.75 bits per heavy atom. The summed E-state index contributed by atoms with van der Waals surface area (Å²) in [7, 11) is 0. The Bertz CT molecular complexity index is 440. The van der Waals surface area contributed by atoms with Gasteiger partial charge in [-0.2, -0.15) is 0 Å². The largest absolute Gasteiger partial charge is 0.477 e. The summed E-state index contributed by atoms with van der Waals surface area (Å²) in [4.78, 5) is 15.9. The summed E-state index contributed by atoms with van der Waals surface area (Å²) < 4.78 is 0. The summed E-state index contributed by atoms with van der Waals surface area (Å²) in [6.07, 6.45) is 5.26. The summed E-state index contributed by atoms with van der Waals surface area (Å²) in [6.45, 7) is 1.80. The first-order valence-electron chi connectivity index (χ1n) is 5.85. The lowest BCUT2D eigenvalue weighted by atomic mass is 9.89. The highest BCUT2D eigenvalue weighted by atomic mass is 32.1. The van der Waals surface area contributed by atoms with Gasteiger partial charge in [-0.1, -0.05) is 6.42 Å². The number of hydrogen-bond acceptors (Lipinski definition) is 3. The molecule has 86 valence electrons. The molecule has 3 nitrogen and oxygen atoms in total. The van der Waals surface area contributed by atoms with Gasteiger partial charge in [0.15, 0.2) is 0 Å². The first kappa shape index (κ1) is 10.3. The molecule has 2 saturated carbocycles. The zero-order valence-corrected chi connectivity index (χ0v) is 10.1. The zero-order valence-electron chi connectivity index (χ0n) is 9.27. The van der Waals surface area contributed by atoms with Gasteiger partial charge < -0.3 is 5.11 Å². The molecule has 16 heavy (non-hydrogen) atoms. The molecular weight excluding hydrogens is 222 g/mol. The average molecular weight is 237 g/mol. The third-order valence-electron chi connectivity index (χ3n) is 4.06. The van der Waals surface area contributed by atoms with E-state index in [9.17, 15) is 4.79 Å². The minimum Gasteiger partial charge on any atom is -0.477 e. The quantitative estimate of drug-likeness (QED) is 0.860. The monoisotopic (exact) mass is 237 g/mol. The fraction of sp³-hybridized carbons (Fsp3) is 0.667. The highest BCUT2D eigenvalue weighted by Crippen LogP contribution is 2.53. The number of fused-ring (bicyclic) bond motifs is 2. The second-order valence-electron chi connectivity index (χ2n) is 5.05. The van der Waals surface area contributed by atoms with E-state index in [1.54, 1.807) is 6.92 Å². The first-order chi connectivity index (χ1) is 7.65. The van der Waals surface area contributed by atoms with E-state index in [4.69, 9.17) is 5.11 Å². The molecule has 4 heteroatoms. The van der Waals surface area contributed by atoms with Crippen LogP contribution in [0, 0.1) is 18.8 Å². The molecule has 3 unspecified atom stereocenters. The lowest BCUT2D eigenvalue weighted by Crippen LogP contribution is -2.07. The van der Waals surface area contributed by atoms with Crippen LogP contribution in [-0.4, -0.2) is 16.1 Å². The Hall–Kier alpha value is -0.900. The number of aryl methyl sites for hydroxylation is 1. The van der Waals surface area contributed by atoms with Crippen molar-refractivity contribution in [2.24, 2.45) is 11.8 Å².